The van der Waals surface area contributed by atoms with E-state index in [4.69, 9.17) is 20.2 Å². The lowest BCUT2D eigenvalue weighted by molar-refractivity contribution is -0.114. The summed E-state index contributed by atoms with van der Waals surface area (Å²) in [5.41, 5.74) is 9.19. The van der Waals surface area contributed by atoms with Gasteiger partial charge in [-0.15, -0.1) is 0 Å². The molecule has 3 heterocycles. The largest absolute Gasteiger partial charge is 0.493 e. The van der Waals surface area contributed by atoms with E-state index in [9.17, 15) is 4.79 Å². The van der Waals surface area contributed by atoms with E-state index in [1.54, 1.807) is 73.2 Å². The lowest BCUT2D eigenvalue weighted by Gasteiger charge is -2.22. The van der Waals surface area contributed by atoms with Crippen molar-refractivity contribution in [3.8, 4) is 11.5 Å². The lowest BCUT2D eigenvalue weighted by Crippen LogP contribution is -2.23. The summed E-state index contributed by atoms with van der Waals surface area (Å²) in [7, 11) is 3.19. The van der Waals surface area contributed by atoms with Crippen LogP contribution in [0.15, 0.2) is 65.7 Å². The molecule has 158 valence electrons. The van der Waals surface area contributed by atoms with Crippen LogP contribution < -0.4 is 15.2 Å². The van der Waals surface area contributed by atoms with Crippen molar-refractivity contribution in [3.63, 3.8) is 0 Å². The molecule has 1 aromatic carbocycles. The maximum absolute atomic E-state index is 12.5. The van der Waals surface area contributed by atoms with Gasteiger partial charge in [-0.25, -0.2) is 9.97 Å². The molecule has 2 aromatic heterocycles. The zero-order valence-corrected chi connectivity index (χ0v) is 17.2. The summed E-state index contributed by atoms with van der Waals surface area (Å²) < 4.78 is 14.4. The number of amides is 1. The molecule has 31 heavy (non-hydrogen) atoms. The van der Waals surface area contributed by atoms with Crippen LogP contribution >= 0.6 is 0 Å². The van der Waals surface area contributed by atoms with Crippen LogP contribution in [0.2, 0.25) is 0 Å². The van der Waals surface area contributed by atoms with E-state index >= 15 is 0 Å². The lowest BCUT2D eigenvalue weighted by atomic mass is 9.89. The molecular weight excluding hydrogens is 396 g/mol. The molecule has 0 radical (unpaired) electrons. The Morgan fingerprint density at radius 3 is 2.26 bits per heavy atom. The minimum Gasteiger partial charge on any atom is -0.493 e. The molecule has 0 spiro atoms. The number of rotatable bonds is 7. The third kappa shape index (κ3) is 4.11. The number of nitrogens with zero attached hydrogens (tertiary/aromatic N) is 5. The number of primary amides is 1. The standard InChI is InChI=1S/C22H22N6O3/c1-30-19-9-15-3-4-26-21(16(15)10-20(19)31-2)17(11-27-7-5-24-13-27)18(22(23)29)12-28-8-6-25-14-28/h5-14H,3-4H2,1-2H3,(H2,23,29). The van der Waals surface area contributed by atoms with E-state index in [1.165, 1.54) is 0 Å². The first-order chi connectivity index (χ1) is 15.1. The third-order valence-corrected chi connectivity index (χ3v) is 4.93. The highest BCUT2D eigenvalue weighted by Gasteiger charge is 2.25. The van der Waals surface area contributed by atoms with Crippen LogP contribution in [0.3, 0.4) is 0 Å². The predicted octanol–water partition coefficient (Wildman–Crippen LogP) is 2.01. The molecule has 2 N–H and O–H groups in total. The molecule has 0 fully saturated rings. The summed E-state index contributed by atoms with van der Waals surface area (Å²) in [6.45, 7) is 0.566. The fraction of sp³-hybridized carbons (Fsp3) is 0.182. The first-order valence-corrected chi connectivity index (χ1v) is 9.59. The maximum Gasteiger partial charge on any atom is 0.250 e. The number of hydrogen-bond acceptors (Lipinski definition) is 6. The second-order valence-corrected chi connectivity index (χ2v) is 6.81. The Balaban J connectivity index is 1.92. The summed E-state index contributed by atoms with van der Waals surface area (Å²) in [4.78, 5) is 25.4. The monoisotopic (exact) mass is 418 g/mol. The van der Waals surface area contributed by atoms with Gasteiger partial charge in [0.25, 0.3) is 5.91 Å². The van der Waals surface area contributed by atoms with Gasteiger partial charge in [-0.2, -0.15) is 0 Å². The number of ether oxygens (including phenoxy) is 2. The molecule has 3 aromatic rings. The molecule has 0 saturated carbocycles. The molecule has 4 rings (SSSR count). The topological polar surface area (TPSA) is 110 Å². The Morgan fingerprint density at radius 1 is 1.03 bits per heavy atom. The normalized spacial score (nSPS) is 14.1. The molecule has 0 saturated heterocycles. The van der Waals surface area contributed by atoms with Crippen LogP contribution in [0.1, 0.15) is 11.1 Å². The molecule has 0 bridgehead atoms. The van der Waals surface area contributed by atoms with Gasteiger partial charge in [0.15, 0.2) is 11.5 Å². The number of nitrogens with two attached hydrogens (primary N) is 1. The van der Waals surface area contributed by atoms with Crippen molar-refractivity contribution < 1.29 is 14.3 Å². The molecule has 1 aliphatic rings. The summed E-state index contributed by atoms with van der Waals surface area (Å²) in [6.07, 6.45) is 14.2. The van der Waals surface area contributed by atoms with E-state index < -0.39 is 5.91 Å². The van der Waals surface area contributed by atoms with Crippen molar-refractivity contribution in [1.29, 1.82) is 0 Å². The van der Waals surface area contributed by atoms with Gasteiger partial charge in [-0.3, -0.25) is 9.79 Å². The van der Waals surface area contributed by atoms with Crippen LogP contribution in [-0.4, -0.2) is 51.5 Å². The number of aromatic nitrogens is 4. The van der Waals surface area contributed by atoms with E-state index in [2.05, 4.69) is 9.97 Å². The Kier molecular flexibility index (Phi) is 5.65. The summed E-state index contributed by atoms with van der Waals surface area (Å²) in [5, 5.41) is 0. The van der Waals surface area contributed by atoms with Gasteiger partial charge in [0.1, 0.15) is 0 Å². The van der Waals surface area contributed by atoms with Crippen molar-refractivity contribution in [1.82, 2.24) is 19.1 Å². The van der Waals surface area contributed by atoms with Gasteiger partial charge < -0.3 is 24.3 Å². The van der Waals surface area contributed by atoms with E-state index in [1.807, 2.05) is 12.1 Å². The smallest absolute Gasteiger partial charge is 0.250 e. The second kappa shape index (κ2) is 8.70. The number of imidazole rings is 2. The second-order valence-electron chi connectivity index (χ2n) is 6.81. The van der Waals surface area contributed by atoms with Gasteiger partial charge in [0.05, 0.1) is 38.2 Å². The van der Waals surface area contributed by atoms with E-state index in [0.29, 0.717) is 29.3 Å². The fourth-order valence-corrected chi connectivity index (χ4v) is 3.47. The average molecular weight is 418 g/mol. The van der Waals surface area contributed by atoms with Gasteiger partial charge in [0, 0.05) is 54.9 Å². The van der Waals surface area contributed by atoms with Crippen molar-refractivity contribution in [2.24, 2.45) is 10.7 Å². The van der Waals surface area contributed by atoms with Gasteiger partial charge in [0.2, 0.25) is 0 Å². The molecule has 0 unspecified atom stereocenters. The SMILES string of the molecule is COc1cc2c(cc1OC)C(C(=Cn1ccnc1)C(=Cn1ccnc1)C(N)=O)=NCC2. The molecule has 0 atom stereocenters. The van der Waals surface area contributed by atoms with Crippen molar-refractivity contribution >= 4 is 24.0 Å². The molecule has 0 aliphatic carbocycles. The third-order valence-electron chi connectivity index (χ3n) is 4.93. The molecule has 9 heteroatoms. The minimum atomic E-state index is -0.588. The number of carbonyl (C=O) groups is 1. The Morgan fingerprint density at radius 2 is 1.68 bits per heavy atom. The molecule has 9 nitrogen and oxygen atoms in total. The Hall–Kier alpha value is -4.14. The van der Waals surface area contributed by atoms with Crippen LogP contribution in [0.5, 0.6) is 11.5 Å². The highest BCUT2D eigenvalue weighted by Crippen LogP contribution is 2.35. The van der Waals surface area contributed by atoms with Crippen molar-refractivity contribution in [3.05, 3.63) is 71.8 Å². The van der Waals surface area contributed by atoms with Gasteiger partial charge in [-0.1, -0.05) is 0 Å². The number of hydrogen-bond donors (Lipinski definition) is 1. The highest BCUT2D eigenvalue weighted by atomic mass is 16.5. The fourth-order valence-electron chi connectivity index (χ4n) is 3.47. The number of methoxy groups -OCH3 is 2. The Bertz CT molecular complexity index is 1170. The molecule has 1 amide bonds. The zero-order chi connectivity index (χ0) is 21.8. The van der Waals surface area contributed by atoms with Crippen LogP contribution in [0.25, 0.3) is 12.4 Å². The first kappa shape index (κ1) is 20.1. The number of fused-ring (bicyclic) bond motifs is 1. The maximum atomic E-state index is 12.5. The highest BCUT2D eigenvalue weighted by molar-refractivity contribution is 6.24. The summed E-state index contributed by atoms with van der Waals surface area (Å²) >= 11 is 0. The van der Waals surface area contributed by atoms with Crippen LogP contribution in [0, 0.1) is 0 Å². The van der Waals surface area contributed by atoms with Gasteiger partial charge >= 0.3 is 0 Å². The van der Waals surface area contributed by atoms with Crippen molar-refractivity contribution in [2.45, 2.75) is 6.42 Å². The zero-order valence-electron chi connectivity index (χ0n) is 17.2. The summed E-state index contributed by atoms with van der Waals surface area (Å²) in [6, 6.07) is 3.82. The summed E-state index contributed by atoms with van der Waals surface area (Å²) in [5.74, 6) is 0.638. The number of aliphatic imine (C=N–C) groups is 1. The minimum absolute atomic E-state index is 0.285. The molecule has 1 aliphatic heterocycles. The average Bonchev–Trinajstić information content (AvgIpc) is 3.48. The first-order valence-electron chi connectivity index (χ1n) is 9.59. The van der Waals surface area contributed by atoms with E-state index in [0.717, 1.165) is 17.5 Å². The quantitative estimate of drug-likeness (QED) is 0.466. The number of benzene rings is 1. The number of carbonyl (C=O) groups excluding carboxylic acids is 1. The van der Waals surface area contributed by atoms with E-state index in [-0.39, 0.29) is 5.57 Å². The molecular formula is C22H22N6O3. The Labute approximate surface area is 179 Å². The van der Waals surface area contributed by atoms with Crippen molar-refractivity contribution in [2.75, 3.05) is 20.8 Å². The predicted molar refractivity (Wildman–Crippen MR) is 117 cm³/mol. The van der Waals surface area contributed by atoms with Gasteiger partial charge in [-0.05, 0) is 24.1 Å². The van der Waals surface area contributed by atoms with Crippen LogP contribution in [0.4, 0.5) is 0 Å². The van der Waals surface area contributed by atoms with Crippen LogP contribution in [-0.2, 0) is 11.2 Å².